The first-order valence-electron chi connectivity index (χ1n) is 10.8. The number of benzene rings is 1. The standard InChI is InChI=1S/C23H31N3O5/c1-3-29-19-5-7-20(8-6-19)30-15-12-24-22(27)16-26-13-10-18(11-14-26)25-23(28)21-9-4-17(2)31-21/h4-9,18H,3,10-16H2,1-2H3,(H,24,27)(H,25,28). The van der Waals surface area contributed by atoms with Gasteiger partial charge in [-0.2, -0.15) is 0 Å². The molecule has 0 spiro atoms. The quantitative estimate of drug-likeness (QED) is 0.564. The van der Waals surface area contributed by atoms with Gasteiger partial charge in [-0.05, 0) is 63.1 Å². The van der Waals surface area contributed by atoms with E-state index in [0.717, 1.165) is 43.2 Å². The SMILES string of the molecule is CCOc1ccc(OCCNC(=O)CN2CCC(NC(=O)c3ccc(C)o3)CC2)cc1. The summed E-state index contributed by atoms with van der Waals surface area (Å²) in [6, 6.07) is 11.0. The van der Waals surface area contributed by atoms with Gasteiger partial charge in [-0.15, -0.1) is 0 Å². The number of piperidine rings is 1. The second-order valence-electron chi connectivity index (χ2n) is 7.54. The van der Waals surface area contributed by atoms with Gasteiger partial charge in [0, 0.05) is 19.1 Å². The largest absolute Gasteiger partial charge is 0.494 e. The van der Waals surface area contributed by atoms with Crippen molar-refractivity contribution in [1.82, 2.24) is 15.5 Å². The van der Waals surface area contributed by atoms with Gasteiger partial charge in [0.15, 0.2) is 5.76 Å². The molecule has 2 aromatic rings. The highest BCUT2D eigenvalue weighted by molar-refractivity contribution is 5.91. The molecule has 8 heteroatoms. The zero-order valence-electron chi connectivity index (χ0n) is 18.2. The third kappa shape index (κ3) is 7.32. The molecule has 0 radical (unpaired) electrons. The second-order valence-corrected chi connectivity index (χ2v) is 7.54. The third-order valence-electron chi connectivity index (χ3n) is 5.08. The van der Waals surface area contributed by atoms with Crippen LogP contribution in [0.15, 0.2) is 40.8 Å². The highest BCUT2D eigenvalue weighted by atomic mass is 16.5. The first-order valence-corrected chi connectivity index (χ1v) is 10.8. The number of amides is 2. The topological polar surface area (TPSA) is 93.0 Å². The molecule has 8 nitrogen and oxygen atoms in total. The van der Waals surface area contributed by atoms with Gasteiger partial charge < -0.3 is 24.5 Å². The summed E-state index contributed by atoms with van der Waals surface area (Å²) in [7, 11) is 0. The molecule has 0 aliphatic carbocycles. The molecule has 1 saturated heterocycles. The summed E-state index contributed by atoms with van der Waals surface area (Å²) in [6.45, 7) is 7.10. The molecule has 2 amide bonds. The van der Waals surface area contributed by atoms with E-state index in [9.17, 15) is 9.59 Å². The van der Waals surface area contributed by atoms with Gasteiger partial charge >= 0.3 is 0 Å². The van der Waals surface area contributed by atoms with E-state index in [2.05, 4.69) is 15.5 Å². The molecule has 1 aliphatic rings. The minimum atomic E-state index is -0.183. The molecule has 1 aromatic heterocycles. The molecular formula is C23H31N3O5. The van der Waals surface area contributed by atoms with Crippen LogP contribution < -0.4 is 20.1 Å². The smallest absolute Gasteiger partial charge is 0.287 e. The zero-order chi connectivity index (χ0) is 22.1. The van der Waals surface area contributed by atoms with Crippen LogP contribution in [0.2, 0.25) is 0 Å². The van der Waals surface area contributed by atoms with Crippen LogP contribution in [0, 0.1) is 6.92 Å². The van der Waals surface area contributed by atoms with Crippen LogP contribution in [0.25, 0.3) is 0 Å². The lowest BCUT2D eigenvalue weighted by molar-refractivity contribution is -0.122. The highest BCUT2D eigenvalue weighted by Gasteiger charge is 2.23. The lowest BCUT2D eigenvalue weighted by atomic mass is 10.0. The van der Waals surface area contributed by atoms with Crippen LogP contribution in [-0.2, 0) is 4.79 Å². The number of ether oxygens (including phenoxy) is 2. The van der Waals surface area contributed by atoms with E-state index in [-0.39, 0.29) is 17.9 Å². The minimum absolute atomic E-state index is 0.0242. The number of likely N-dealkylation sites (tertiary alicyclic amines) is 1. The van der Waals surface area contributed by atoms with Crippen molar-refractivity contribution in [3.05, 3.63) is 47.9 Å². The van der Waals surface area contributed by atoms with Crippen LogP contribution in [-0.4, -0.2) is 62.1 Å². The fraction of sp³-hybridized carbons (Fsp3) is 0.478. The molecular weight excluding hydrogens is 398 g/mol. The van der Waals surface area contributed by atoms with Crippen molar-refractivity contribution in [2.24, 2.45) is 0 Å². The zero-order valence-corrected chi connectivity index (χ0v) is 18.2. The van der Waals surface area contributed by atoms with Crippen LogP contribution in [0.4, 0.5) is 0 Å². The van der Waals surface area contributed by atoms with Crippen molar-refractivity contribution in [2.75, 3.05) is 39.4 Å². The Hall–Kier alpha value is -3.00. The van der Waals surface area contributed by atoms with Crippen LogP contribution in [0.5, 0.6) is 11.5 Å². The Kier molecular flexibility index (Phi) is 8.35. The van der Waals surface area contributed by atoms with Crippen molar-refractivity contribution in [2.45, 2.75) is 32.7 Å². The molecule has 0 bridgehead atoms. The Morgan fingerprint density at radius 2 is 1.74 bits per heavy atom. The first-order chi connectivity index (χ1) is 15.0. The molecule has 1 aliphatic heterocycles. The van der Waals surface area contributed by atoms with E-state index in [1.54, 1.807) is 12.1 Å². The summed E-state index contributed by atoms with van der Waals surface area (Å²) >= 11 is 0. The van der Waals surface area contributed by atoms with Gasteiger partial charge in [-0.1, -0.05) is 0 Å². The molecule has 0 unspecified atom stereocenters. The lowest BCUT2D eigenvalue weighted by Crippen LogP contribution is -2.47. The number of carbonyl (C=O) groups is 2. The molecule has 0 atom stereocenters. The molecule has 168 valence electrons. The summed E-state index contributed by atoms with van der Waals surface area (Å²) in [5.41, 5.74) is 0. The Labute approximate surface area is 182 Å². The number of rotatable bonds is 10. The van der Waals surface area contributed by atoms with Gasteiger partial charge in [0.25, 0.3) is 5.91 Å². The molecule has 2 heterocycles. The highest BCUT2D eigenvalue weighted by Crippen LogP contribution is 2.17. The van der Waals surface area contributed by atoms with Gasteiger partial charge in [0.2, 0.25) is 5.91 Å². The maximum absolute atomic E-state index is 12.2. The summed E-state index contributed by atoms with van der Waals surface area (Å²) in [5, 5.41) is 5.89. The number of hydrogen-bond acceptors (Lipinski definition) is 6. The average molecular weight is 430 g/mol. The van der Waals surface area contributed by atoms with Gasteiger partial charge in [-0.25, -0.2) is 0 Å². The average Bonchev–Trinajstić information content (AvgIpc) is 3.20. The van der Waals surface area contributed by atoms with Crippen molar-refractivity contribution in [3.8, 4) is 11.5 Å². The summed E-state index contributed by atoms with van der Waals surface area (Å²) in [4.78, 5) is 26.5. The molecule has 2 N–H and O–H groups in total. The van der Waals surface area contributed by atoms with Gasteiger partial charge in [0.05, 0.1) is 19.7 Å². The van der Waals surface area contributed by atoms with E-state index in [0.29, 0.717) is 32.1 Å². The molecule has 1 fully saturated rings. The van der Waals surface area contributed by atoms with E-state index in [1.807, 2.05) is 38.1 Å². The Bertz CT molecular complexity index is 841. The fourth-order valence-electron chi connectivity index (χ4n) is 3.47. The number of carbonyl (C=O) groups excluding carboxylic acids is 2. The van der Waals surface area contributed by atoms with Gasteiger partial charge in [-0.3, -0.25) is 14.5 Å². The van der Waals surface area contributed by atoms with E-state index < -0.39 is 0 Å². The first kappa shape index (κ1) is 22.7. The number of aryl methyl sites for hydroxylation is 1. The number of nitrogens with zero attached hydrogens (tertiary/aromatic N) is 1. The summed E-state index contributed by atoms with van der Waals surface area (Å²) in [5.74, 6) is 2.40. The maximum atomic E-state index is 12.2. The number of hydrogen-bond donors (Lipinski definition) is 2. The Morgan fingerprint density at radius 3 is 2.35 bits per heavy atom. The molecule has 0 saturated carbocycles. The number of furan rings is 1. The predicted molar refractivity (Wildman–Crippen MR) is 116 cm³/mol. The van der Waals surface area contributed by atoms with E-state index in [4.69, 9.17) is 13.9 Å². The summed E-state index contributed by atoms with van der Waals surface area (Å²) < 4.78 is 16.4. The monoisotopic (exact) mass is 429 g/mol. The van der Waals surface area contributed by atoms with Crippen molar-refractivity contribution >= 4 is 11.8 Å². The van der Waals surface area contributed by atoms with Crippen molar-refractivity contribution < 1.29 is 23.5 Å². The molecule has 1 aromatic carbocycles. The van der Waals surface area contributed by atoms with Gasteiger partial charge in [0.1, 0.15) is 23.9 Å². The Balaban J connectivity index is 1.28. The minimum Gasteiger partial charge on any atom is -0.494 e. The molecule has 31 heavy (non-hydrogen) atoms. The maximum Gasteiger partial charge on any atom is 0.287 e. The molecule has 3 rings (SSSR count). The van der Waals surface area contributed by atoms with Crippen molar-refractivity contribution in [3.63, 3.8) is 0 Å². The number of nitrogens with one attached hydrogen (secondary N) is 2. The lowest BCUT2D eigenvalue weighted by Gasteiger charge is -2.31. The predicted octanol–water partition coefficient (Wildman–Crippen LogP) is 2.38. The third-order valence-corrected chi connectivity index (χ3v) is 5.08. The van der Waals surface area contributed by atoms with Crippen molar-refractivity contribution in [1.29, 1.82) is 0 Å². The Morgan fingerprint density at radius 1 is 1.06 bits per heavy atom. The van der Waals surface area contributed by atoms with E-state index >= 15 is 0 Å². The summed E-state index contributed by atoms with van der Waals surface area (Å²) in [6.07, 6.45) is 1.61. The van der Waals surface area contributed by atoms with Crippen LogP contribution in [0.1, 0.15) is 36.1 Å². The van der Waals surface area contributed by atoms with E-state index in [1.165, 1.54) is 0 Å². The van der Waals surface area contributed by atoms with Crippen LogP contribution >= 0.6 is 0 Å². The normalized spacial score (nSPS) is 14.8. The fourth-order valence-corrected chi connectivity index (χ4v) is 3.47. The van der Waals surface area contributed by atoms with Crippen LogP contribution in [0.3, 0.4) is 0 Å². The second kappa shape index (κ2) is 11.4.